The first-order valence-corrected chi connectivity index (χ1v) is 6.85. The van der Waals surface area contributed by atoms with Crippen molar-refractivity contribution in [3.05, 3.63) is 0 Å². The molecule has 2 rings (SSSR count). The second kappa shape index (κ2) is 5.86. The molecule has 2 aliphatic rings. The molecule has 2 fully saturated rings. The van der Waals surface area contributed by atoms with Gasteiger partial charge in [0.1, 0.15) is 0 Å². The first-order valence-electron chi connectivity index (χ1n) is 6.85. The summed E-state index contributed by atoms with van der Waals surface area (Å²) in [5, 5.41) is 3.51. The van der Waals surface area contributed by atoms with Crippen molar-refractivity contribution in [3.8, 4) is 0 Å². The Hall–Kier alpha value is -0.0800. The van der Waals surface area contributed by atoms with Gasteiger partial charge >= 0.3 is 0 Å². The van der Waals surface area contributed by atoms with Crippen LogP contribution in [-0.4, -0.2) is 37.1 Å². The molecule has 88 valence electrons. The summed E-state index contributed by atoms with van der Waals surface area (Å²) in [5.41, 5.74) is 0. The second-order valence-corrected chi connectivity index (χ2v) is 5.22. The summed E-state index contributed by atoms with van der Waals surface area (Å²) in [5.74, 6) is 1.02. The molecule has 0 aromatic heterocycles. The molecular formula is C13H26N2. The first kappa shape index (κ1) is 11.4. The van der Waals surface area contributed by atoms with Gasteiger partial charge in [0.25, 0.3) is 0 Å². The summed E-state index contributed by atoms with van der Waals surface area (Å²) in [4.78, 5) is 2.76. The molecule has 2 heteroatoms. The number of rotatable bonds is 2. The quantitative estimate of drug-likeness (QED) is 0.752. The summed E-state index contributed by atoms with van der Waals surface area (Å²) in [6, 6.07) is 0.887. The Morgan fingerprint density at radius 1 is 1.07 bits per heavy atom. The maximum atomic E-state index is 3.51. The van der Waals surface area contributed by atoms with E-state index < -0.39 is 0 Å². The van der Waals surface area contributed by atoms with Gasteiger partial charge < -0.3 is 10.2 Å². The standard InChI is InChI=1S/C13H26N2/c1-2-12-6-10-15(11-7-12)13-4-3-8-14-9-5-13/h12-14H,2-11H2,1H3. The van der Waals surface area contributed by atoms with Gasteiger partial charge in [-0.15, -0.1) is 0 Å². The number of nitrogens with zero attached hydrogens (tertiary/aromatic N) is 1. The van der Waals surface area contributed by atoms with E-state index in [4.69, 9.17) is 0 Å². The molecule has 2 nitrogen and oxygen atoms in total. The lowest BCUT2D eigenvalue weighted by Crippen LogP contribution is -2.41. The average Bonchev–Trinajstić information content (AvgIpc) is 2.58. The maximum absolute atomic E-state index is 3.51. The predicted molar refractivity (Wildman–Crippen MR) is 65.1 cm³/mol. The third-order valence-electron chi connectivity index (χ3n) is 4.29. The Morgan fingerprint density at radius 2 is 1.87 bits per heavy atom. The van der Waals surface area contributed by atoms with Gasteiger partial charge in [0.05, 0.1) is 0 Å². The van der Waals surface area contributed by atoms with Crippen molar-refractivity contribution in [2.45, 2.75) is 51.5 Å². The van der Waals surface area contributed by atoms with E-state index in [1.165, 1.54) is 64.7 Å². The minimum atomic E-state index is 0.887. The zero-order valence-electron chi connectivity index (χ0n) is 10.2. The molecule has 0 aromatic carbocycles. The van der Waals surface area contributed by atoms with Gasteiger partial charge in [-0.3, -0.25) is 0 Å². The van der Waals surface area contributed by atoms with E-state index in [2.05, 4.69) is 17.1 Å². The van der Waals surface area contributed by atoms with Gasteiger partial charge in [0.15, 0.2) is 0 Å². The fourth-order valence-corrected chi connectivity index (χ4v) is 3.09. The summed E-state index contributed by atoms with van der Waals surface area (Å²) in [6.45, 7) is 7.54. The lowest BCUT2D eigenvalue weighted by atomic mass is 9.92. The van der Waals surface area contributed by atoms with E-state index in [1.807, 2.05) is 0 Å². The van der Waals surface area contributed by atoms with Gasteiger partial charge in [0, 0.05) is 6.04 Å². The Bertz CT molecular complexity index is 165. The van der Waals surface area contributed by atoms with E-state index in [0.29, 0.717) is 0 Å². The monoisotopic (exact) mass is 210 g/mol. The van der Waals surface area contributed by atoms with Gasteiger partial charge in [-0.25, -0.2) is 0 Å². The fraction of sp³-hybridized carbons (Fsp3) is 1.00. The van der Waals surface area contributed by atoms with Crippen LogP contribution in [0.5, 0.6) is 0 Å². The molecule has 0 radical (unpaired) electrons. The van der Waals surface area contributed by atoms with Gasteiger partial charge in [0.2, 0.25) is 0 Å². The van der Waals surface area contributed by atoms with Crippen LogP contribution >= 0.6 is 0 Å². The molecule has 0 bridgehead atoms. The summed E-state index contributed by atoms with van der Waals surface area (Å²) in [7, 11) is 0. The van der Waals surface area contributed by atoms with Crippen molar-refractivity contribution in [1.29, 1.82) is 0 Å². The highest BCUT2D eigenvalue weighted by atomic mass is 15.2. The highest BCUT2D eigenvalue weighted by Gasteiger charge is 2.24. The molecule has 2 heterocycles. The van der Waals surface area contributed by atoms with Crippen molar-refractivity contribution in [2.75, 3.05) is 26.2 Å². The molecular weight excluding hydrogens is 184 g/mol. The summed E-state index contributed by atoms with van der Waals surface area (Å²) < 4.78 is 0. The average molecular weight is 210 g/mol. The van der Waals surface area contributed by atoms with E-state index in [-0.39, 0.29) is 0 Å². The second-order valence-electron chi connectivity index (χ2n) is 5.22. The molecule has 0 saturated carbocycles. The van der Waals surface area contributed by atoms with Crippen molar-refractivity contribution in [1.82, 2.24) is 10.2 Å². The third-order valence-corrected chi connectivity index (χ3v) is 4.29. The predicted octanol–water partition coefficient (Wildman–Crippen LogP) is 2.25. The Balaban J connectivity index is 1.78. The van der Waals surface area contributed by atoms with Crippen molar-refractivity contribution in [2.24, 2.45) is 5.92 Å². The van der Waals surface area contributed by atoms with E-state index >= 15 is 0 Å². The Morgan fingerprint density at radius 3 is 2.60 bits per heavy atom. The highest BCUT2D eigenvalue weighted by Crippen LogP contribution is 2.24. The number of hydrogen-bond donors (Lipinski definition) is 1. The lowest BCUT2D eigenvalue weighted by molar-refractivity contribution is 0.122. The maximum Gasteiger partial charge on any atom is 0.0108 e. The molecule has 0 aliphatic carbocycles. The molecule has 0 aromatic rings. The van der Waals surface area contributed by atoms with Crippen LogP contribution in [0.3, 0.4) is 0 Å². The van der Waals surface area contributed by atoms with Gasteiger partial charge in [-0.1, -0.05) is 13.3 Å². The molecule has 15 heavy (non-hydrogen) atoms. The zero-order valence-corrected chi connectivity index (χ0v) is 10.2. The van der Waals surface area contributed by atoms with Crippen LogP contribution in [-0.2, 0) is 0 Å². The van der Waals surface area contributed by atoms with Crippen LogP contribution in [0.15, 0.2) is 0 Å². The third kappa shape index (κ3) is 3.18. The largest absolute Gasteiger partial charge is 0.317 e. The smallest absolute Gasteiger partial charge is 0.0108 e. The van der Waals surface area contributed by atoms with Crippen molar-refractivity contribution < 1.29 is 0 Å². The topological polar surface area (TPSA) is 15.3 Å². The van der Waals surface area contributed by atoms with Crippen LogP contribution in [0.1, 0.15) is 45.4 Å². The molecule has 2 saturated heterocycles. The Labute approximate surface area is 94.4 Å². The first-order chi connectivity index (χ1) is 7.40. The van der Waals surface area contributed by atoms with Gasteiger partial charge in [-0.05, 0) is 64.2 Å². The Kier molecular flexibility index (Phi) is 4.45. The van der Waals surface area contributed by atoms with Crippen LogP contribution < -0.4 is 5.32 Å². The number of hydrogen-bond acceptors (Lipinski definition) is 2. The van der Waals surface area contributed by atoms with Crippen LogP contribution in [0.2, 0.25) is 0 Å². The van der Waals surface area contributed by atoms with E-state index in [1.54, 1.807) is 0 Å². The molecule has 1 unspecified atom stereocenters. The number of piperidine rings is 1. The van der Waals surface area contributed by atoms with Crippen LogP contribution in [0.25, 0.3) is 0 Å². The van der Waals surface area contributed by atoms with Crippen LogP contribution in [0.4, 0.5) is 0 Å². The molecule has 0 amide bonds. The molecule has 0 spiro atoms. The van der Waals surface area contributed by atoms with Gasteiger partial charge in [-0.2, -0.15) is 0 Å². The number of nitrogens with one attached hydrogen (secondary N) is 1. The lowest BCUT2D eigenvalue weighted by Gasteiger charge is -2.37. The minimum absolute atomic E-state index is 0.887. The number of likely N-dealkylation sites (tertiary alicyclic amines) is 1. The SMILES string of the molecule is CCC1CCN(C2CCCNCC2)CC1. The van der Waals surface area contributed by atoms with Crippen LogP contribution in [0, 0.1) is 5.92 Å². The minimum Gasteiger partial charge on any atom is -0.317 e. The molecule has 1 N–H and O–H groups in total. The molecule has 1 atom stereocenters. The van der Waals surface area contributed by atoms with E-state index in [0.717, 1.165) is 12.0 Å². The van der Waals surface area contributed by atoms with Crippen molar-refractivity contribution >= 4 is 0 Å². The summed E-state index contributed by atoms with van der Waals surface area (Å²) in [6.07, 6.45) is 8.44. The van der Waals surface area contributed by atoms with Crippen molar-refractivity contribution in [3.63, 3.8) is 0 Å². The van der Waals surface area contributed by atoms with E-state index in [9.17, 15) is 0 Å². The summed E-state index contributed by atoms with van der Waals surface area (Å²) >= 11 is 0. The normalized spacial score (nSPS) is 31.4. The fourth-order valence-electron chi connectivity index (χ4n) is 3.09. The molecule has 2 aliphatic heterocycles. The highest BCUT2D eigenvalue weighted by molar-refractivity contribution is 4.80. The zero-order chi connectivity index (χ0) is 10.5.